The van der Waals surface area contributed by atoms with Gasteiger partial charge in [-0.3, -0.25) is 4.79 Å². The molecule has 0 saturated heterocycles. The molecule has 2 atom stereocenters. The monoisotopic (exact) mass is 188 g/mol. The van der Waals surface area contributed by atoms with E-state index in [4.69, 9.17) is 0 Å². The number of carbonyl (C=O) groups is 1. The van der Waals surface area contributed by atoms with Gasteiger partial charge in [0.15, 0.2) is 0 Å². The second-order valence-corrected chi connectivity index (χ2v) is 4.35. The highest BCUT2D eigenvalue weighted by Crippen LogP contribution is 2.27. The average Bonchev–Trinajstić information content (AvgIpc) is 2.03. The molecule has 2 unspecified atom stereocenters. The Morgan fingerprint density at radius 1 is 1.46 bits per heavy atom. The minimum atomic E-state index is -0.648. The normalized spacial score (nSPS) is 16.5. The van der Waals surface area contributed by atoms with Crippen LogP contribution in [0.4, 0.5) is 0 Å². The predicted molar refractivity (Wildman–Crippen MR) is 51.3 cm³/mol. The number of hydrogen-bond acceptors (Lipinski definition) is 3. The van der Waals surface area contributed by atoms with Gasteiger partial charge in [-0.1, -0.05) is 27.7 Å². The molecule has 0 aliphatic carbocycles. The summed E-state index contributed by atoms with van der Waals surface area (Å²) in [6.45, 7) is 7.59. The van der Waals surface area contributed by atoms with E-state index in [-0.39, 0.29) is 11.4 Å². The van der Waals surface area contributed by atoms with E-state index in [9.17, 15) is 9.90 Å². The van der Waals surface area contributed by atoms with Crippen LogP contribution in [-0.2, 0) is 9.53 Å². The molecule has 0 fully saturated rings. The molecule has 0 saturated carbocycles. The Kier molecular flexibility index (Phi) is 4.40. The number of carbonyl (C=O) groups excluding carboxylic acids is 1. The van der Waals surface area contributed by atoms with Crippen molar-refractivity contribution in [3.05, 3.63) is 0 Å². The van der Waals surface area contributed by atoms with Crippen molar-refractivity contribution in [1.29, 1.82) is 0 Å². The third-order valence-electron chi connectivity index (χ3n) is 2.21. The molecule has 0 rings (SSSR count). The van der Waals surface area contributed by atoms with Gasteiger partial charge < -0.3 is 9.84 Å². The van der Waals surface area contributed by atoms with E-state index in [1.165, 1.54) is 7.11 Å². The first-order valence-electron chi connectivity index (χ1n) is 4.60. The Bertz CT molecular complexity index is 169. The molecule has 0 heterocycles. The zero-order valence-electron chi connectivity index (χ0n) is 9.13. The smallest absolute Gasteiger partial charge is 0.311 e. The molecule has 0 bridgehead atoms. The van der Waals surface area contributed by atoms with Gasteiger partial charge in [-0.2, -0.15) is 0 Å². The van der Waals surface area contributed by atoms with Crippen molar-refractivity contribution in [2.45, 2.75) is 40.2 Å². The zero-order chi connectivity index (χ0) is 10.6. The summed E-state index contributed by atoms with van der Waals surface area (Å²) in [4.78, 5) is 11.2. The molecule has 3 heteroatoms. The molecule has 13 heavy (non-hydrogen) atoms. The molecule has 78 valence electrons. The first-order chi connectivity index (χ1) is 5.84. The summed E-state index contributed by atoms with van der Waals surface area (Å²) in [5.41, 5.74) is -0.283. The van der Waals surface area contributed by atoms with Crippen molar-refractivity contribution in [1.82, 2.24) is 0 Å². The maximum absolute atomic E-state index is 11.2. The van der Waals surface area contributed by atoms with E-state index >= 15 is 0 Å². The number of aliphatic hydroxyl groups excluding tert-OH is 1. The Balaban J connectivity index is 4.50. The molecule has 1 N–H and O–H groups in total. The minimum Gasteiger partial charge on any atom is -0.469 e. The van der Waals surface area contributed by atoms with Crippen LogP contribution in [0.25, 0.3) is 0 Å². The summed E-state index contributed by atoms with van der Waals surface area (Å²) in [5, 5.41) is 9.85. The zero-order valence-corrected chi connectivity index (χ0v) is 9.13. The highest BCUT2D eigenvalue weighted by Gasteiger charge is 2.34. The molecule has 0 aliphatic rings. The summed E-state index contributed by atoms with van der Waals surface area (Å²) >= 11 is 0. The fraction of sp³-hybridized carbons (Fsp3) is 0.900. The van der Waals surface area contributed by atoms with Crippen LogP contribution >= 0.6 is 0 Å². The molecule has 0 aliphatic heterocycles. The summed E-state index contributed by atoms with van der Waals surface area (Å²) in [6, 6.07) is 0. The van der Waals surface area contributed by atoms with Gasteiger partial charge in [-0.15, -0.1) is 0 Å². The Morgan fingerprint density at radius 2 is 1.92 bits per heavy atom. The third kappa shape index (κ3) is 3.35. The lowest BCUT2D eigenvalue weighted by Crippen LogP contribution is -2.38. The summed E-state index contributed by atoms with van der Waals surface area (Å²) in [5.74, 6) is -0.741. The molecule has 3 nitrogen and oxygen atoms in total. The molecule has 0 aromatic rings. The average molecular weight is 188 g/mol. The first-order valence-corrected chi connectivity index (χ1v) is 4.60. The molecule has 0 radical (unpaired) electrons. The molecule has 0 spiro atoms. The maximum atomic E-state index is 11.2. The quantitative estimate of drug-likeness (QED) is 0.684. The van der Waals surface area contributed by atoms with Gasteiger partial charge in [0, 0.05) is 0 Å². The Morgan fingerprint density at radius 3 is 2.15 bits per heavy atom. The van der Waals surface area contributed by atoms with Crippen LogP contribution < -0.4 is 0 Å². The standard InChI is InChI=1S/C10H20O3/c1-6-7(9(12)13-5)8(11)10(2,3)4/h7-8,11H,6H2,1-5H3. The molecule has 0 aromatic heterocycles. The first kappa shape index (κ1) is 12.4. The Hall–Kier alpha value is -0.570. The largest absolute Gasteiger partial charge is 0.469 e. The van der Waals surface area contributed by atoms with E-state index in [2.05, 4.69) is 4.74 Å². The topological polar surface area (TPSA) is 46.5 Å². The van der Waals surface area contributed by atoms with Gasteiger partial charge in [0.05, 0.1) is 19.1 Å². The summed E-state index contributed by atoms with van der Waals surface area (Å²) < 4.78 is 4.62. The Labute approximate surface area is 80.1 Å². The van der Waals surface area contributed by atoms with Crippen LogP contribution in [0.15, 0.2) is 0 Å². The van der Waals surface area contributed by atoms with E-state index in [1.807, 2.05) is 27.7 Å². The highest BCUT2D eigenvalue weighted by atomic mass is 16.5. The van der Waals surface area contributed by atoms with Gasteiger partial charge in [0.1, 0.15) is 0 Å². The second kappa shape index (κ2) is 4.61. The number of methoxy groups -OCH3 is 1. The van der Waals surface area contributed by atoms with Gasteiger partial charge in [-0.25, -0.2) is 0 Å². The van der Waals surface area contributed by atoms with Gasteiger partial charge >= 0.3 is 5.97 Å². The van der Waals surface area contributed by atoms with E-state index in [1.54, 1.807) is 0 Å². The van der Waals surface area contributed by atoms with E-state index in [0.29, 0.717) is 6.42 Å². The lowest BCUT2D eigenvalue weighted by molar-refractivity contribution is -0.152. The SMILES string of the molecule is CCC(C(=O)OC)C(O)C(C)(C)C. The van der Waals surface area contributed by atoms with Gasteiger partial charge in [-0.05, 0) is 11.8 Å². The van der Waals surface area contributed by atoms with Crippen molar-refractivity contribution < 1.29 is 14.6 Å². The lowest BCUT2D eigenvalue weighted by atomic mass is 9.80. The lowest BCUT2D eigenvalue weighted by Gasteiger charge is -2.30. The second-order valence-electron chi connectivity index (χ2n) is 4.35. The van der Waals surface area contributed by atoms with Gasteiger partial charge in [0.25, 0.3) is 0 Å². The van der Waals surface area contributed by atoms with Crippen LogP contribution in [0.2, 0.25) is 0 Å². The van der Waals surface area contributed by atoms with E-state index < -0.39 is 12.0 Å². The van der Waals surface area contributed by atoms with Crippen LogP contribution in [-0.4, -0.2) is 24.3 Å². The highest BCUT2D eigenvalue weighted by molar-refractivity contribution is 5.73. The van der Waals surface area contributed by atoms with Crippen molar-refractivity contribution in [3.8, 4) is 0 Å². The number of esters is 1. The van der Waals surface area contributed by atoms with Crippen molar-refractivity contribution in [3.63, 3.8) is 0 Å². The molecular formula is C10H20O3. The maximum Gasteiger partial charge on any atom is 0.311 e. The molecule has 0 aromatic carbocycles. The fourth-order valence-corrected chi connectivity index (χ4v) is 1.27. The molecular weight excluding hydrogens is 168 g/mol. The fourth-order valence-electron chi connectivity index (χ4n) is 1.27. The van der Waals surface area contributed by atoms with Crippen molar-refractivity contribution in [2.24, 2.45) is 11.3 Å². The van der Waals surface area contributed by atoms with Gasteiger partial charge in [0.2, 0.25) is 0 Å². The molecule has 0 amide bonds. The summed E-state index contributed by atoms with van der Waals surface area (Å²) in [6.07, 6.45) is -0.0459. The number of rotatable bonds is 3. The number of ether oxygens (including phenoxy) is 1. The summed E-state index contributed by atoms with van der Waals surface area (Å²) in [7, 11) is 1.35. The minimum absolute atomic E-state index is 0.283. The predicted octanol–water partition coefficient (Wildman–Crippen LogP) is 1.59. The third-order valence-corrected chi connectivity index (χ3v) is 2.21. The van der Waals surface area contributed by atoms with Crippen molar-refractivity contribution in [2.75, 3.05) is 7.11 Å². The number of hydrogen-bond donors (Lipinski definition) is 1. The van der Waals surface area contributed by atoms with Crippen LogP contribution in [0.3, 0.4) is 0 Å². The number of aliphatic hydroxyl groups is 1. The van der Waals surface area contributed by atoms with Crippen LogP contribution in [0.5, 0.6) is 0 Å². The van der Waals surface area contributed by atoms with Crippen LogP contribution in [0, 0.1) is 11.3 Å². The van der Waals surface area contributed by atoms with Crippen molar-refractivity contribution >= 4 is 5.97 Å². The van der Waals surface area contributed by atoms with Crippen LogP contribution in [0.1, 0.15) is 34.1 Å². The van der Waals surface area contributed by atoms with E-state index in [0.717, 1.165) is 0 Å².